The van der Waals surface area contributed by atoms with Crippen LogP contribution in [0.1, 0.15) is 13.8 Å². The van der Waals surface area contributed by atoms with E-state index in [1.54, 1.807) is 15.9 Å². The molecule has 0 spiro atoms. The lowest BCUT2D eigenvalue weighted by molar-refractivity contribution is -0.0459. The van der Waals surface area contributed by atoms with Crippen molar-refractivity contribution in [2.75, 3.05) is 19.7 Å². The van der Waals surface area contributed by atoms with E-state index in [4.69, 9.17) is 4.74 Å². The number of morpholine rings is 1. The number of rotatable bonds is 3. The van der Waals surface area contributed by atoms with Crippen LogP contribution in [0.2, 0.25) is 0 Å². The van der Waals surface area contributed by atoms with Crippen LogP contribution in [0.5, 0.6) is 0 Å². The largest absolute Gasteiger partial charge is 0.374 e. The summed E-state index contributed by atoms with van der Waals surface area (Å²) in [6, 6.07) is 4.45. The van der Waals surface area contributed by atoms with Gasteiger partial charge < -0.3 is 9.30 Å². The van der Waals surface area contributed by atoms with E-state index in [1.165, 1.54) is 0 Å². The Balaban J connectivity index is 1.79. The second kappa shape index (κ2) is 5.68. The Kier molecular flexibility index (Phi) is 3.92. The Labute approximate surface area is 122 Å². The number of hydrogen-bond acceptors (Lipinski definition) is 4. The fourth-order valence-corrected chi connectivity index (χ4v) is 3.46. The molecule has 1 aliphatic rings. The van der Waals surface area contributed by atoms with Gasteiger partial charge in [0.2, 0.25) is 0 Å². The van der Waals surface area contributed by atoms with Gasteiger partial charge in [-0.25, -0.2) is 0 Å². The third kappa shape index (κ3) is 2.66. The van der Waals surface area contributed by atoms with Crippen LogP contribution in [-0.2, 0) is 11.3 Å². The highest BCUT2D eigenvalue weighted by atomic mass is 32.1. The van der Waals surface area contributed by atoms with Gasteiger partial charge in [-0.05, 0) is 31.4 Å². The Morgan fingerprint density at radius 3 is 3.10 bits per heavy atom. The van der Waals surface area contributed by atoms with Crippen LogP contribution in [-0.4, -0.2) is 41.3 Å². The van der Waals surface area contributed by atoms with Crippen molar-refractivity contribution in [1.82, 2.24) is 9.47 Å². The fourth-order valence-electron chi connectivity index (χ4n) is 2.69. The number of thiophene rings is 1. The van der Waals surface area contributed by atoms with Crippen LogP contribution in [0, 0.1) is 0 Å². The Bertz CT molecular complexity index is 647. The van der Waals surface area contributed by atoms with Crippen LogP contribution in [0.4, 0.5) is 0 Å². The number of aromatic nitrogens is 1. The molecule has 4 nitrogen and oxygen atoms in total. The molecule has 1 saturated heterocycles. The first-order valence-electron chi connectivity index (χ1n) is 7.07. The summed E-state index contributed by atoms with van der Waals surface area (Å²) in [5.41, 5.74) is 0.0917. The highest BCUT2D eigenvalue weighted by Gasteiger charge is 2.22. The summed E-state index contributed by atoms with van der Waals surface area (Å²) in [6.07, 6.45) is 1.98. The van der Waals surface area contributed by atoms with Gasteiger partial charge in [0, 0.05) is 30.0 Å². The Morgan fingerprint density at radius 2 is 2.30 bits per heavy atom. The third-order valence-corrected chi connectivity index (χ3v) is 4.78. The van der Waals surface area contributed by atoms with Crippen molar-refractivity contribution in [1.29, 1.82) is 0 Å². The smallest absolute Gasteiger partial charge is 0.259 e. The molecule has 0 aromatic carbocycles. The number of fused-ring (bicyclic) bond motifs is 1. The molecule has 5 heteroatoms. The zero-order chi connectivity index (χ0) is 14.1. The molecule has 1 atom stereocenters. The summed E-state index contributed by atoms with van der Waals surface area (Å²) >= 11 is 1.61. The second-order valence-electron chi connectivity index (χ2n) is 5.55. The zero-order valence-corrected chi connectivity index (χ0v) is 12.7. The maximum Gasteiger partial charge on any atom is 0.259 e. The number of ether oxygens (including phenoxy) is 1. The van der Waals surface area contributed by atoms with Crippen molar-refractivity contribution in [3.8, 4) is 0 Å². The summed E-state index contributed by atoms with van der Waals surface area (Å²) in [7, 11) is 0. The lowest BCUT2D eigenvalue weighted by Gasteiger charge is -2.35. The first-order chi connectivity index (χ1) is 9.65. The van der Waals surface area contributed by atoms with Crippen molar-refractivity contribution in [3.63, 3.8) is 0 Å². The minimum Gasteiger partial charge on any atom is -0.374 e. The molecule has 1 fully saturated rings. The lowest BCUT2D eigenvalue weighted by atomic mass is 10.2. The molecule has 0 aliphatic carbocycles. The number of pyridine rings is 1. The van der Waals surface area contributed by atoms with E-state index < -0.39 is 0 Å². The molecule has 0 radical (unpaired) electrons. The third-order valence-electron chi connectivity index (χ3n) is 3.89. The molecule has 0 N–H and O–H groups in total. The fraction of sp³-hybridized carbons (Fsp3) is 0.533. The van der Waals surface area contributed by atoms with Crippen LogP contribution in [0.25, 0.3) is 10.1 Å². The Morgan fingerprint density at radius 1 is 1.45 bits per heavy atom. The van der Waals surface area contributed by atoms with Crippen molar-refractivity contribution in [2.45, 2.75) is 32.5 Å². The Hall–Kier alpha value is -1.17. The highest BCUT2D eigenvalue weighted by molar-refractivity contribution is 7.17. The molecule has 0 bridgehead atoms. The molecule has 3 rings (SSSR count). The zero-order valence-electron chi connectivity index (χ0n) is 11.9. The van der Waals surface area contributed by atoms with E-state index in [0.29, 0.717) is 12.6 Å². The molecule has 108 valence electrons. The van der Waals surface area contributed by atoms with E-state index in [2.05, 4.69) is 18.7 Å². The standard InChI is InChI=1S/C15H20N2O2S/c1-11(2)16-6-7-19-12(9-16)10-17-5-3-14-13(15(17)18)4-8-20-14/h3-5,8,11-12H,6-7,9-10H2,1-2H3. The maximum atomic E-state index is 12.4. The molecule has 0 saturated carbocycles. The van der Waals surface area contributed by atoms with Gasteiger partial charge in [0.05, 0.1) is 24.6 Å². The molecular weight excluding hydrogens is 272 g/mol. The van der Waals surface area contributed by atoms with Gasteiger partial charge >= 0.3 is 0 Å². The van der Waals surface area contributed by atoms with Gasteiger partial charge in [-0.3, -0.25) is 9.69 Å². The molecule has 2 aromatic rings. The maximum absolute atomic E-state index is 12.4. The lowest BCUT2D eigenvalue weighted by Crippen LogP contribution is -2.47. The van der Waals surface area contributed by atoms with Gasteiger partial charge in [0.25, 0.3) is 5.56 Å². The quantitative estimate of drug-likeness (QED) is 0.869. The number of hydrogen-bond donors (Lipinski definition) is 0. The van der Waals surface area contributed by atoms with Crippen LogP contribution in [0.3, 0.4) is 0 Å². The first kappa shape index (κ1) is 13.8. The van der Waals surface area contributed by atoms with Gasteiger partial charge in [-0.15, -0.1) is 11.3 Å². The summed E-state index contributed by atoms with van der Waals surface area (Å²) < 4.78 is 8.65. The predicted molar refractivity (Wildman–Crippen MR) is 82.5 cm³/mol. The van der Waals surface area contributed by atoms with Crippen molar-refractivity contribution < 1.29 is 4.74 Å². The van der Waals surface area contributed by atoms with Crippen molar-refractivity contribution >= 4 is 21.4 Å². The minimum absolute atomic E-state index is 0.0917. The van der Waals surface area contributed by atoms with E-state index in [9.17, 15) is 4.79 Å². The van der Waals surface area contributed by atoms with E-state index in [0.717, 1.165) is 29.8 Å². The van der Waals surface area contributed by atoms with Crippen LogP contribution < -0.4 is 5.56 Å². The SMILES string of the molecule is CC(C)N1CCOC(Cn2ccc3sccc3c2=O)C1. The molecule has 1 aliphatic heterocycles. The van der Waals surface area contributed by atoms with E-state index >= 15 is 0 Å². The van der Waals surface area contributed by atoms with Gasteiger partial charge in [0.15, 0.2) is 0 Å². The van der Waals surface area contributed by atoms with Gasteiger partial charge in [0.1, 0.15) is 0 Å². The minimum atomic E-state index is 0.0917. The van der Waals surface area contributed by atoms with Crippen molar-refractivity contribution in [3.05, 3.63) is 34.1 Å². The van der Waals surface area contributed by atoms with E-state index in [-0.39, 0.29) is 11.7 Å². The molecule has 2 aromatic heterocycles. The van der Waals surface area contributed by atoms with Crippen LogP contribution >= 0.6 is 11.3 Å². The monoisotopic (exact) mass is 292 g/mol. The molecule has 0 amide bonds. The number of nitrogens with zero attached hydrogens (tertiary/aromatic N) is 2. The van der Waals surface area contributed by atoms with Crippen molar-refractivity contribution in [2.24, 2.45) is 0 Å². The normalized spacial score (nSPS) is 20.9. The van der Waals surface area contributed by atoms with E-state index in [1.807, 2.05) is 23.7 Å². The highest BCUT2D eigenvalue weighted by Crippen LogP contribution is 2.17. The summed E-state index contributed by atoms with van der Waals surface area (Å²) in [5.74, 6) is 0. The summed E-state index contributed by atoms with van der Waals surface area (Å²) in [5, 5.41) is 2.78. The van der Waals surface area contributed by atoms with Crippen LogP contribution in [0.15, 0.2) is 28.5 Å². The first-order valence-corrected chi connectivity index (χ1v) is 7.95. The van der Waals surface area contributed by atoms with Gasteiger partial charge in [-0.1, -0.05) is 0 Å². The molecule has 20 heavy (non-hydrogen) atoms. The second-order valence-corrected chi connectivity index (χ2v) is 6.50. The molecular formula is C15H20N2O2S. The summed E-state index contributed by atoms with van der Waals surface area (Å²) in [4.78, 5) is 14.8. The average Bonchev–Trinajstić information content (AvgIpc) is 2.91. The predicted octanol–water partition coefficient (Wildman–Crippen LogP) is 2.17. The topological polar surface area (TPSA) is 34.5 Å². The molecule has 1 unspecified atom stereocenters. The average molecular weight is 292 g/mol. The summed E-state index contributed by atoms with van der Waals surface area (Å²) in [6.45, 7) is 7.66. The van der Waals surface area contributed by atoms with Gasteiger partial charge in [-0.2, -0.15) is 0 Å². The molecule has 3 heterocycles.